The standard InChI is InChI=1S/C24H22N2O4/c1-28-20-10-5-7-17(15-20)24-26-21-13-12-18(16-22(21)30-24)25-23(27)11-6-14-29-19-8-3-2-4-9-19/h2-5,7-10,12-13,15-16H,6,11,14H2,1H3,(H,25,27). The minimum absolute atomic E-state index is 0.0708. The molecule has 0 unspecified atom stereocenters. The maximum absolute atomic E-state index is 12.2. The van der Waals surface area contributed by atoms with Gasteiger partial charge in [0.25, 0.3) is 0 Å². The van der Waals surface area contributed by atoms with Gasteiger partial charge < -0.3 is 19.2 Å². The van der Waals surface area contributed by atoms with Crippen LogP contribution in [0.1, 0.15) is 12.8 Å². The van der Waals surface area contributed by atoms with Crippen LogP contribution in [-0.4, -0.2) is 24.6 Å². The van der Waals surface area contributed by atoms with Gasteiger partial charge in [0, 0.05) is 23.7 Å². The third kappa shape index (κ3) is 4.78. The van der Waals surface area contributed by atoms with E-state index >= 15 is 0 Å². The van der Waals surface area contributed by atoms with Gasteiger partial charge in [-0.3, -0.25) is 4.79 Å². The normalized spacial score (nSPS) is 10.7. The maximum atomic E-state index is 12.2. The van der Waals surface area contributed by atoms with Gasteiger partial charge in [0.15, 0.2) is 5.58 Å². The first-order valence-corrected chi connectivity index (χ1v) is 9.74. The van der Waals surface area contributed by atoms with E-state index in [1.807, 2.05) is 66.7 Å². The van der Waals surface area contributed by atoms with E-state index < -0.39 is 0 Å². The van der Waals surface area contributed by atoms with Crippen molar-refractivity contribution in [3.8, 4) is 23.0 Å². The van der Waals surface area contributed by atoms with Crippen molar-refractivity contribution in [2.75, 3.05) is 19.0 Å². The Labute approximate surface area is 174 Å². The number of nitrogens with zero attached hydrogens (tertiary/aromatic N) is 1. The van der Waals surface area contributed by atoms with Gasteiger partial charge in [0.2, 0.25) is 11.8 Å². The van der Waals surface area contributed by atoms with Gasteiger partial charge in [0.05, 0.1) is 13.7 Å². The Morgan fingerprint density at radius 2 is 1.83 bits per heavy atom. The number of amides is 1. The molecule has 4 rings (SSSR count). The van der Waals surface area contributed by atoms with E-state index in [0.29, 0.717) is 36.6 Å². The minimum atomic E-state index is -0.0708. The Bertz CT molecular complexity index is 1140. The molecule has 1 heterocycles. The number of hydrogen-bond donors (Lipinski definition) is 1. The van der Waals surface area contributed by atoms with Crippen LogP contribution in [0, 0.1) is 0 Å². The quantitative estimate of drug-likeness (QED) is 0.405. The molecular weight excluding hydrogens is 380 g/mol. The number of ether oxygens (including phenoxy) is 2. The highest BCUT2D eigenvalue weighted by Gasteiger charge is 2.11. The number of anilines is 1. The van der Waals surface area contributed by atoms with Crippen molar-refractivity contribution in [3.63, 3.8) is 0 Å². The first-order chi connectivity index (χ1) is 14.7. The number of carbonyl (C=O) groups is 1. The molecule has 0 aliphatic heterocycles. The lowest BCUT2D eigenvalue weighted by Gasteiger charge is -2.07. The third-order valence-corrected chi connectivity index (χ3v) is 4.55. The van der Waals surface area contributed by atoms with Crippen molar-refractivity contribution >= 4 is 22.7 Å². The number of fused-ring (bicyclic) bond motifs is 1. The van der Waals surface area contributed by atoms with Crippen molar-refractivity contribution < 1.29 is 18.7 Å². The Balaban J connectivity index is 1.35. The fraction of sp³-hybridized carbons (Fsp3) is 0.167. The van der Waals surface area contributed by atoms with Gasteiger partial charge in [-0.25, -0.2) is 4.98 Å². The van der Waals surface area contributed by atoms with Gasteiger partial charge in [-0.15, -0.1) is 0 Å². The lowest BCUT2D eigenvalue weighted by atomic mass is 10.2. The zero-order valence-corrected chi connectivity index (χ0v) is 16.6. The van der Waals surface area contributed by atoms with Gasteiger partial charge >= 0.3 is 0 Å². The smallest absolute Gasteiger partial charge is 0.227 e. The number of carbonyl (C=O) groups excluding carboxylic acids is 1. The maximum Gasteiger partial charge on any atom is 0.227 e. The molecule has 0 bridgehead atoms. The second kappa shape index (κ2) is 9.13. The number of nitrogens with one attached hydrogen (secondary N) is 1. The summed E-state index contributed by atoms with van der Waals surface area (Å²) in [7, 11) is 1.62. The lowest BCUT2D eigenvalue weighted by molar-refractivity contribution is -0.116. The van der Waals surface area contributed by atoms with Gasteiger partial charge in [-0.2, -0.15) is 0 Å². The molecule has 6 heteroatoms. The van der Waals surface area contributed by atoms with Crippen molar-refractivity contribution in [2.45, 2.75) is 12.8 Å². The van der Waals surface area contributed by atoms with Crippen LogP contribution in [0.3, 0.4) is 0 Å². The Morgan fingerprint density at radius 3 is 2.67 bits per heavy atom. The molecule has 0 fully saturated rings. The SMILES string of the molecule is COc1cccc(-c2nc3ccc(NC(=O)CCCOc4ccccc4)cc3o2)c1. The molecule has 0 aliphatic carbocycles. The van der Waals surface area contributed by atoms with Crippen molar-refractivity contribution in [1.29, 1.82) is 0 Å². The summed E-state index contributed by atoms with van der Waals surface area (Å²) >= 11 is 0. The average Bonchev–Trinajstić information content (AvgIpc) is 3.21. The van der Waals surface area contributed by atoms with E-state index in [2.05, 4.69) is 10.3 Å². The Morgan fingerprint density at radius 1 is 1.00 bits per heavy atom. The second-order valence-electron chi connectivity index (χ2n) is 6.75. The number of benzene rings is 3. The van der Waals surface area contributed by atoms with E-state index in [1.165, 1.54) is 0 Å². The topological polar surface area (TPSA) is 73.6 Å². The van der Waals surface area contributed by atoms with Crippen LogP contribution in [0.2, 0.25) is 0 Å². The summed E-state index contributed by atoms with van der Waals surface area (Å²) in [5, 5.41) is 2.90. The molecule has 3 aromatic carbocycles. The van der Waals surface area contributed by atoms with Crippen molar-refractivity contribution in [1.82, 2.24) is 4.98 Å². The van der Waals surface area contributed by atoms with E-state index in [-0.39, 0.29) is 5.91 Å². The summed E-state index contributed by atoms with van der Waals surface area (Å²) in [5.41, 5.74) is 2.83. The number of oxazole rings is 1. The summed E-state index contributed by atoms with van der Waals surface area (Å²) in [6.45, 7) is 0.489. The number of methoxy groups -OCH3 is 1. The molecular formula is C24H22N2O4. The highest BCUT2D eigenvalue weighted by atomic mass is 16.5. The minimum Gasteiger partial charge on any atom is -0.497 e. The molecule has 4 aromatic rings. The van der Waals surface area contributed by atoms with Crippen LogP contribution in [0.4, 0.5) is 5.69 Å². The Kier molecular flexibility index (Phi) is 5.94. The summed E-state index contributed by atoms with van der Waals surface area (Å²) in [4.78, 5) is 16.7. The zero-order chi connectivity index (χ0) is 20.8. The second-order valence-corrected chi connectivity index (χ2v) is 6.75. The summed E-state index contributed by atoms with van der Waals surface area (Å²) in [6.07, 6.45) is 1.00. The van der Waals surface area contributed by atoms with Crippen LogP contribution >= 0.6 is 0 Å². The molecule has 152 valence electrons. The molecule has 0 saturated heterocycles. The predicted octanol–water partition coefficient (Wildman–Crippen LogP) is 5.30. The predicted molar refractivity (Wildman–Crippen MR) is 116 cm³/mol. The van der Waals surface area contributed by atoms with E-state index in [4.69, 9.17) is 13.9 Å². The molecule has 30 heavy (non-hydrogen) atoms. The van der Waals surface area contributed by atoms with E-state index in [0.717, 1.165) is 22.6 Å². The summed E-state index contributed by atoms with van der Waals surface area (Å²) in [6, 6.07) is 22.5. The molecule has 1 aromatic heterocycles. The molecule has 0 saturated carbocycles. The van der Waals surface area contributed by atoms with E-state index in [1.54, 1.807) is 13.2 Å². The molecule has 0 radical (unpaired) electrons. The van der Waals surface area contributed by atoms with Crippen LogP contribution in [0.15, 0.2) is 77.2 Å². The third-order valence-electron chi connectivity index (χ3n) is 4.55. The number of para-hydroxylation sites is 1. The zero-order valence-electron chi connectivity index (χ0n) is 16.6. The molecule has 1 amide bonds. The van der Waals surface area contributed by atoms with Gasteiger partial charge in [-0.05, 0) is 48.9 Å². The highest BCUT2D eigenvalue weighted by Crippen LogP contribution is 2.28. The van der Waals surface area contributed by atoms with Crippen molar-refractivity contribution in [3.05, 3.63) is 72.8 Å². The number of rotatable bonds is 8. The summed E-state index contributed by atoms with van der Waals surface area (Å²) < 4.78 is 16.8. The van der Waals surface area contributed by atoms with Gasteiger partial charge in [-0.1, -0.05) is 24.3 Å². The van der Waals surface area contributed by atoms with E-state index in [9.17, 15) is 4.79 Å². The highest BCUT2D eigenvalue weighted by molar-refractivity contribution is 5.93. The van der Waals surface area contributed by atoms with Crippen LogP contribution in [-0.2, 0) is 4.79 Å². The van der Waals surface area contributed by atoms with Crippen LogP contribution in [0.25, 0.3) is 22.6 Å². The fourth-order valence-electron chi connectivity index (χ4n) is 3.04. The van der Waals surface area contributed by atoms with Gasteiger partial charge in [0.1, 0.15) is 17.0 Å². The average molecular weight is 402 g/mol. The van der Waals surface area contributed by atoms with Crippen LogP contribution < -0.4 is 14.8 Å². The Hall–Kier alpha value is -3.80. The fourth-order valence-corrected chi connectivity index (χ4v) is 3.04. The van der Waals surface area contributed by atoms with Crippen molar-refractivity contribution in [2.24, 2.45) is 0 Å². The first-order valence-electron chi connectivity index (χ1n) is 9.74. The summed E-state index contributed by atoms with van der Waals surface area (Å²) in [5.74, 6) is 1.98. The number of aromatic nitrogens is 1. The molecule has 0 atom stereocenters. The molecule has 6 nitrogen and oxygen atoms in total. The largest absolute Gasteiger partial charge is 0.497 e. The number of hydrogen-bond acceptors (Lipinski definition) is 5. The van der Waals surface area contributed by atoms with Crippen LogP contribution in [0.5, 0.6) is 11.5 Å². The lowest BCUT2D eigenvalue weighted by Crippen LogP contribution is -2.12. The molecule has 1 N–H and O–H groups in total. The monoisotopic (exact) mass is 402 g/mol. The first kappa shape index (κ1) is 19.5. The molecule has 0 spiro atoms. The molecule has 0 aliphatic rings.